The zero-order chi connectivity index (χ0) is 32.0. The molecule has 4 aliphatic rings. The van der Waals surface area contributed by atoms with Gasteiger partial charge in [0.1, 0.15) is 30.5 Å². The summed E-state index contributed by atoms with van der Waals surface area (Å²) in [6.07, 6.45) is -7.45. The zero-order valence-electron chi connectivity index (χ0n) is 24.9. The molecule has 3 amide bonds. The molecule has 0 aromatic rings. The first kappa shape index (κ1) is 33.8. The Morgan fingerprint density at radius 2 is 0.977 bits per heavy atom. The number of esters is 1. The normalized spacial score (nSPS) is 38.1. The Hall–Kier alpha value is -3.13. The maximum Gasteiger partial charge on any atom is 0.337 e. The van der Waals surface area contributed by atoms with Crippen molar-refractivity contribution < 1.29 is 61.8 Å². The molecular formula is C25H38N6O13. The first-order valence-corrected chi connectivity index (χ1v) is 13.8. The molecule has 0 aromatic heterocycles. The molecule has 0 radical (unpaired) electrons. The van der Waals surface area contributed by atoms with Crippen LogP contribution in [0.25, 0.3) is 10.4 Å². The van der Waals surface area contributed by atoms with Crippen LogP contribution in [-0.2, 0) is 61.8 Å². The third kappa shape index (κ3) is 6.90. The summed E-state index contributed by atoms with van der Waals surface area (Å²) in [4.78, 5) is 55.2. The smallest absolute Gasteiger partial charge is 0.337 e. The average Bonchev–Trinajstić information content (AvgIpc) is 3.81. The largest absolute Gasteiger partial charge is 0.467 e. The number of hydrogen-bond donors (Lipinski definition) is 3. The van der Waals surface area contributed by atoms with Gasteiger partial charge in [0.15, 0.2) is 18.3 Å². The number of nitrogens with one attached hydrogen (secondary N) is 3. The van der Waals surface area contributed by atoms with E-state index >= 15 is 0 Å². The summed E-state index contributed by atoms with van der Waals surface area (Å²) in [5.41, 5.74) is 8.95. The summed E-state index contributed by atoms with van der Waals surface area (Å²) in [6.45, 7) is 0.0160. The van der Waals surface area contributed by atoms with Crippen LogP contribution in [0.15, 0.2) is 5.11 Å². The van der Waals surface area contributed by atoms with Gasteiger partial charge >= 0.3 is 5.97 Å². The average molecular weight is 631 g/mol. The molecule has 4 heterocycles. The number of nitrogens with zero attached hydrogens (tertiary/aromatic N) is 3. The Balaban J connectivity index is 1.46. The minimum Gasteiger partial charge on any atom is -0.467 e. The van der Waals surface area contributed by atoms with Gasteiger partial charge in [0.05, 0.1) is 57.8 Å². The first-order chi connectivity index (χ1) is 21.2. The topological polar surface area (TPSA) is 236 Å². The summed E-state index contributed by atoms with van der Waals surface area (Å²) in [5, 5.41) is 11.8. The van der Waals surface area contributed by atoms with Crippen LogP contribution in [0.4, 0.5) is 0 Å². The third-order valence-corrected chi connectivity index (χ3v) is 8.16. The predicted octanol–water partition coefficient (Wildman–Crippen LogP) is -3.05. The highest BCUT2D eigenvalue weighted by atomic mass is 16.6. The zero-order valence-corrected chi connectivity index (χ0v) is 24.9. The van der Waals surface area contributed by atoms with Gasteiger partial charge in [-0.15, -0.1) is 0 Å². The number of azide groups is 1. The summed E-state index contributed by atoms with van der Waals surface area (Å²) in [7, 11) is 6.82. The molecule has 246 valence electrons. The van der Waals surface area contributed by atoms with Crippen LogP contribution < -0.4 is 16.0 Å². The van der Waals surface area contributed by atoms with Crippen molar-refractivity contribution in [3.63, 3.8) is 0 Å². The molecule has 3 N–H and O–H groups in total. The number of carbonyl (C=O) groups excluding carboxylic acids is 4. The molecule has 19 nitrogen and oxygen atoms in total. The van der Waals surface area contributed by atoms with Gasteiger partial charge in [-0.05, 0) is 5.53 Å². The number of ether oxygens (including phenoxy) is 9. The molecule has 44 heavy (non-hydrogen) atoms. The van der Waals surface area contributed by atoms with E-state index in [9.17, 15) is 19.2 Å². The lowest BCUT2D eigenvalue weighted by atomic mass is 10.0. The van der Waals surface area contributed by atoms with Crippen molar-refractivity contribution in [2.75, 3.05) is 62.0 Å². The van der Waals surface area contributed by atoms with Crippen molar-refractivity contribution in [1.29, 1.82) is 0 Å². The van der Waals surface area contributed by atoms with Crippen LogP contribution in [0.5, 0.6) is 0 Å². The molecule has 12 atom stereocenters. The van der Waals surface area contributed by atoms with Gasteiger partial charge in [-0.1, -0.05) is 5.11 Å². The van der Waals surface area contributed by atoms with Crippen molar-refractivity contribution in [2.24, 2.45) is 5.11 Å². The summed E-state index contributed by atoms with van der Waals surface area (Å²) in [5.74, 6) is -2.67. The predicted molar refractivity (Wildman–Crippen MR) is 143 cm³/mol. The van der Waals surface area contributed by atoms with Crippen LogP contribution in [0.2, 0.25) is 0 Å². The van der Waals surface area contributed by atoms with Crippen LogP contribution in [-0.4, -0.2) is 159 Å². The second kappa shape index (κ2) is 15.2. The maximum absolute atomic E-state index is 13.6. The van der Waals surface area contributed by atoms with Gasteiger partial charge in [-0.25, -0.2) is 4.79 Å². The Morgan fingerprint density at radius 1 is 0.614 bits per heavy atom. The van der Waals surface area contributed by atoms with E-state index in [0.717, 1.165) is 0 Å². The highest BCUT2D eigenvalue weighted by Crippen LogP contribution is 2.25. The van der Waals surface area contributed by atoms with Gasteiger partial charge in [0, 0.05) is 33.4 Å². The highest BCUT2D eigenvalue weighted by molar-refractivity contribution is 5.88. The fourth-order valence-electron chi connectivity index (χ4n) is 5.72. The van der Waals surface area contributed by atoms with E-state index in [2.05, 4.69) is 26.0 Å². The standard InChI is InChI=1S/C25H38N6O13/c1-36-10-6-42-19(23(33)29-16-12(38-3)8-44-21(16)25(35)40-5)14(10)27-22(32)18-15(11(37-2)7-41-18)28-24(34)20-17(30-31-26)13(39-4)9-43-20/h10-21H,6-9H2,1-5H3,(H,27,32)(H,28,34)(H,29,33)/t10-,11-,12-,13-,14-,15-,16-,17-,18+,19+,20+,21+/m0/s1. The minimum absolute atomic E-state index is 0.0261. The Bertz CT molecular complexity index is 1110. The molecule has 0 aromatic carbocycles. The molecule has 0 saturated carbocycles. The summed E-state index contributed by atoms with van der Waals surface area (Å²) < 4.78 is 48.7. The van der Waals surface area contributed by atoms with Gasteiger partial charge in [0.25, 0.3) is 11.8 Å². The van der Waals surface area contributed by atoms with Crippen LogP contribution in [0.3, 0.4) is 0 Å². The fourth-order valence-corrected chi connectivity index (χ4v) is 5.72. The summed E-state index contributed by atoms with van der Waals surface area (Å²) in [6, 6.07) is -3.77. The number of carbonyl (C=O) groups is 4. The molecule has 4 aliphatic heterocycles. The molecule has 0 bridgehead atoms. The van der Waals surface area contributed by atoms with Crippen LogP contribution in [0.1, 0.15) is 0 Å². The molecule has 0 aliphatic carbocycles. The van der Waals surface area contributed by atoms with Crippen molar-refractivity contribution in [1.82, 2.24) is 16.0 Å². The third-order valence-electron chi connectivity index (χ3n) is 8.16. The van der Waals surface area contributed by atoms with Crippen LogP contribution in [0, 0.1) is 0 Å². The van der Waals surface area contributed by atoms with E-state index in [1.165, 1.54) is 35.5 Å². The second-order valence-electron chi connectivity index (χ2n) is 10.4. The molecule has 19 heteroatoms. The Kier molecular flexibility index (Phi) is 11.7. The minimum atomic E-state index is -1.24. The molecular weight excluding hydrogens is 592 g/mol. The lowest BCUT2D eigenvalue weighted by Gasteiger charge is -2.29. The van der Waals surface area contributed by atoms with Gasteiger partial charge in [-0.2, -0.15) is 0 Å². The van der Waals surface area contributed by atoms with E-state index in [1.807, 2.05) is 0 Å². The van der Waals surface area contributed by atoms with E-state index in [1.54, 1.807) is 0 Å². The Morgan fingerprint density at radius 3 is 1.39 bits per heavy atom. The van der Waals surface area contributed by atoms with Crippen molar-refractivity contribution >= 4 is 23.7 Å². The van der Waals surface area contributed by atoms with Crippen molar-refractivity contribution in [3.8, 4) is 0 Å². The quantitative estimate of drug-likeness (QED) is 0.0842. The van der Waals surface area contributed by atoms with Gasteiger partial charge in [0.2, 0.25) is 5.91 Å². The SMILES string of the molecule is COC(=O)[C@@H]1OC[C@H](OC)[C@@H]1NC(=O)[C@@H]1OC[C@H](OC)[C@@H]1NC(=O)[C@@H]1OC[C@H](OC)[C@@H]1NC(=O)[C@@H]1OC[C@H](OC)[C@@H]1N=[N+]=[N-]. The number of rotatable bonds is 12. The van der Waals surface area contributed by atoms with E-state index in [0.29, 0.717) is 0 Å². The van der Waals surface area contributed by atoms with E-state index in [-0.39, 0.29) is 26.4 Å². The molecule has 4 rings (SSSR count). The molecule has 4 saturated heterocycles. The maximum atomic E-state index is 13.6. The summed E-state index contributed by atoms with van der Waals surface area (Å²) >= 11 is 0. The van der Waals surface area contributed by atoms with Gasteiger partial charge in [-0.3, -0.25) is 14.4 Å². The number of methoxy groups -OCH3 is 5. The molecule has 0 spiro atoms. The lowest BCUT2D eigenvalue weighted by Crippen LogP contribution is -2.60. The number of hydrogen-bond acceptors (Lipinski definition) is 14. The van der Waals surface area contributed by atoms with Crippen molar-refractivity contribution in [3.05, 3.63) is 10.4 Å². The van der Waals surface area contributed by atoms with Crippen molar-refractivity contribution in [2.45, 2.75) is 73.0 Å². The van der Waals surface area contributed by atoms with Gasteiger partial charge < -0.3 is 58.6 Å². The Labute approximate surface area is 252 Å². The highest BCUT2D eigenvalue weighted by Gasteiger charge is 2.51. The van der Waals surface area contributed by atoms with E-state index in [4.69, 9.17) is 48.2 Å². The first-order valence-electron chi connectivity index (χ1n) is 13.8. The second-order valence-corrected chi connectivity index (χ2v) is 10.4. The molecule has 0 unspecified atom stereocenters. The van der Waals surface area contributed by atoms with E-state index < -0.39 is 96.7 Å². The lowest BCUT2D eigenvalue weighted by molar-refractivity contribution is -0.152. The monoisotopic (exact) mass is 630 g/mol. The van der Waals surface area contributed by atoms with Crippen LogP contribution >= 0.6 is 0 Å². The number of amides is 3. The molecule has 4 fully saturated rings. The fraction of sp³-hybridized carbons (Fsp3) is 0.840.